The van der Waals surface area contributed by atoms with E-state index in [2.05, 4.69) is 21.3 Å². The van der Waals surface area contributed by atoms with Crippen molar-refractivity contribution in [3.05, 3.63) is 54.4 Å². The highest BCUT2D eigenvalue weighted by Gasteiger charge is 2.26. The van der Waals surface area contributed by atoms with E-state index in [0.29, 0.717) is 31.7 Å². The topological polar surface area (TPSA) is 68.8 Å². The number of benzene rings is 1. The van der Waals surface area contributed by atoms with Crippen LogP contribution in [0.1, 0.15) is 18.4 Å². The van der Waals surface area contributed by atoms with E-state index >= 15 is 0 Å². The molecule has 2 aromatic rings. The lowest BCUT2D eigenvalue weighted by molar-refractivity contribution is -0.117. The Kier molecular flexibility index (Phi) is 5.53. The second kappa shape index (κ2) is 8.39. The predicted molar refractivity (Wildman–Crippen MR) is 108 cm³/mol. The fourth-order valence-electron chi connectivity index (χ4n) is 3.77. The van der Waals surface area contributed by atoms with Gasteiger partial charge in [0.25, 0.3) is 0 Å². The molecule has 7 nitrogen and oxygen atoms in total. The zero-order chi connectivity index (χ0) is 19.3. The largest absolute Gasteiger partial charge is 0.322 e. The maximum Gasteiger partial charge on any atom is 0.321 e. The van der Waals surface area contributed by atoms with Gasteiger partial charge in [-0.1, -0.05) is 18.2 Å². The molecule has 2 aliphatic heterocycles. The molecule has 0 saturated carbocycles. The van der Waals surface area contributed by atoms with E-state index in [0.717, 1.165) is 31.7 Å². The Hall–Kier alpha value is -2.93. The summed E-state index contributed by atoms with van der Waals surface area (Å²) in [6.07, 6.45) is 5.09. The van der Waals surface area contributed by atoms with Crippen LogP contribution < -0.4 is 10.2 Å². The van der Waals surface area contributed by atoms with Crippen molar-refractivity contribution in [3.63, 3.8) is 0 Å². The molecule has 0 spiro atoms. The second-order valence-corrected chi connectivity index (χ2v) is 7.22. The van der Waals surface area contributed by atoms with Crippen molar-refractivity contribution < 1.29 is 9.59 Å². The SMILES string of the molecule is O=C(Nc1ccccc1N1CCCC1=O)N1CCN(Cc2cccnc2)CC1. The number of hydrogen-bond donors (Lipinski definition) is 1. The third-order valence-corrected chi connectivity index (χ3v) is 5.30. The summed E-state index contributed by atoms with van der Waals surface area (Å²) in [4.78, 5) is 34.9. The number of carbonyl (C=O) groups is 2. The first-order valence-corrected chi connectivity index (χ1v) is 9.77. The first-order chi connectivity index (χ1) is 13.7. The van der Waals surface area contributed by atoms with Gasteiger partial charge >= 0.3 is 6.03 Å². The van der Waals surface area contributed by atoms with Crippen LogP contribution in [0.5, 0.6) is 0 Å². The minimum absolute atomic E-state index is 0.111. The zero-order valence-corrected chi connectivity index (χ0v) is 15.9. The third-order valence-electron chi connectivity index (χ3n) is 5.30. The fraction of sp³-hybridized carbons (Fsp3) is 0.381. The molecule has 2 saturated heterocycles. The zero-order valence-electron chi connectivity index (χ0n) is 15.9. The van der Waals surface area contributed by atoms with Crippen LogP contribution in [0.4, 0.5) is 16.2 Å². The van der Waals surface area contributed by atoms with Crippen molar-refractivity contribution in [2.24, 2.45) is 0 Å². The van der Waals surface area contributed by atoms with E-state index in [9.17, 15) is 9.59 Å². The summed E-state index contributed by atoms with van der Waals surface area (Å²) >= 11 is 0. The molecule has 28 heavy (non-hydrogen) atoms. The number of aromatic nitrogens is 1. The first kappa shape index (κ1) is 18.4. The van der Waals surface area contributed by atoms with Crippen LogP contribution in [0.25, 0.3) is 0 Å². The van der Waals surface area contributed by atoms with Gasteiger partial charge in [0.05, 0.1) is 11.4 Å². The number of nitrogens with one attached hydrogen (secondary N) is 1. The molecule has 2 fully saturated rings. The van der Waals surface area contributed by atoms with Crippen LogP contribution in [0.15, 0.2) is 48.8 Å². The van der Waals surface area contributed by atoms with E-state index in [-0.39, 0.29) is 11.9 Å². The number of hydrogen-bond acceptors (Lipinski definition) is 4. The van der Waals surface area contributed by atoms with E-state index in [1.165, 1.54) is 5.56 Å². The Morgan fingerprint density at radius 3 is 2.57 bits per heavy atom. The summed E-state index contributed by atoms with van der Waals surface area (Å²) < 4.78 is 0. The molecular formula is C21H25N5O2. The standard InChI is InChI=1S/C21H25N5O2/c27-20-8-4-10-26(20)19-7-2-1-6-18(19)23-21(28)25-13-11-24(12-14-25)16-17-5-3-9-22-15-17/h1-3,5-7,9,15H,4,8,10-14,16H2,(H,23,28). The summed E-state index contributed by atoms with van der Waals surface area (Å²) in [6.45, 7) is 4.57. The lowest BCUT2D eigenvalue weighted by Gasteiger charge is -2.35. The Balaban J connectivity index is 1.35. The van der Waals surface area contributed by atoms with Crippen LogP contribution >= 0.6 is 0 Å². The van der Waals surface area contributed by atoms with Crippen LogP contribution in [0.3, 0.4) is 0 Å². The van der Waals surface area contributed by atoms with Crippen molar-refractivity contribution in [3.8, 4) is 0 Å². The maximum atomic E-state index is 12.8. The maximum absolute atomic E-state index is 12.8. The lowest BCUT2D eigenvalue weighted by Crippen LogP contribution is -2.49. The average Bonchev–Trinajstić information content (AvgIpc) is 3.15. The molecular weight excluding hydrogens is 354 g/mol. The Morgan fingerprint density at radius 1 is 1.04 bits per heavy atom. The monoisotopic (exact) mass is 379 g/mol. The number of piperazine rings is 1. The van der Waals surface area contributed by atoms with Crippen molar-refractivity contribution in [2.45, 2.75) is 19.4 Å². The van der Waals surface area contributed by atoms with E-state index in [1.54, 1.807) is 11.1 Å². The molecule has 0 aliphatic carbocycles. The minimum atomic E-state index is -0.111. The molecule has 3 amide bonds. The fourth-order valence-corrected chi connectivity index (χ4v) is 3.77. The van der Waals surface area contributed by atoms with E-state index < -0.39 is 0 Å². The van der Waals surface area contributed by atoms with Crippen molar-refractivity contribution >= 4 is 23.3 Å². The smallest absolute Gasteiger partial charge is 0.321 e. The number of carbonyl (C=O) groups excluding carboxylic acids is 2. The molecule has 1 aromatic heterocycles. The van der Waals surface area contributed by atoms with Gasteiger partial charge < -0.3 is 15.1 Å². The van der Waals surface area contributed by atoms with Crippen molar-refractivity contribution in [1.29, 1.82) is 0 Å². The Morgan fingerprint density at radius 2 is 1.86 bits per heavy atom. The molecule has 0 unspecified atom stereocenters. The van der Waals surface area contributed by atoms with Gasteiger partial charge in [0.2, 0.25) is 5.91 Å². The molecule has 0 atom stereocenters. The highest BCUT2D eigenvalue weighted by molar-refractivity contribution is 6.01. The number of urea groups is 1. The molecule has 146 valence electrons. The van der Waals surface area contributed by atoms with Gasteiger partial charge in [-0.15, -0.1) is 0 Å². The molecule has 1 aromatic carbocycles. The van der Waals surface area contributed by atoms with Crippen LogP contribution in [0, 0.1) is 0 Å². The molecule has 2 aliphatic rings. The molecule has 7 heteroatoms. The molecule has 4 rings (SSSR count). The van der Waals surface area contributed by atoms with E-state index in [1.807, 2.05) is 41.4 Å². The normalized spacial score (nSPS) is 17.8. The molecule has 3 heterocycles. The number of rotatable bonds is 4. The lowest BCUT2D eigenvalue weighted by atomic mass is 10.2. The predicted octanol–water partition coefficient (Wildman–Crippen LogP) is 2.56. The number of pyridine rings is 1. The van der Waals surface area contributed by atoms with Crippen LogP contribution in [-0.2, 0) is 11.3 Å². The summed E-state index contributed by atoms with van der Waals surface area (Å²) in [5, 5.41) is 3.01. The number of nitrogens with zero attached hydrogens (tertiary/aromatic N) is 4. The highest BCUT2D eigenvalue weighted by Crippen LogP contribution is 2.29. The molecule has 0 radical (unpaired) electrons. The van der Waals surface area contributed by atoms with E-state index in [4.69, 9.17) is 0 Å². The quantitative estimate of drug-likeness (QED) is 0.887. The van der Waals surface area contributed by atoms with Gasteiger partial charge in [0.15, 0.2) is 0 Å². The Bertz CT molecular complexity index is 834. The highest BCUT2D eigenvalue weighted by atomic mass is 16.2. The minimum Gasteiger partial charge on any atom is -0.322 e. The van der Waals surface area contributed by atoms with Crippen LogP contribution in [0.2, 0.25) is 0 Å². The van der Waals surface area contributed by atoms with Gasteiger partial charge in [0, 0.05) is 58.1 Å². The van der Waals surface area contributed by atoms with Crippen LogP contribution in [-0.4, -0.2) is 59.4 Å². The number of para-hydroxylation sites is 2. The van der Waals surface area contributed by atoms with Gasteiger partial charge in [-0.3, -0.25) is 14.7 Å². The summed E-state index contributed by atoms with van der Waals surface area (Å²) in [5.74, 6) is 0.116. The van der Waals surface area contributed by atoms with Crippen molar-refractivity contribution in [2.75, 3.05) is 42.9 Å². The van der Waals surface area contributed by atoms with Gasteiger partial charge in [-0.25, -0.2) is 4.79 Å². The van der Waals surface area contributed by atoms with Gasteiger partial charge in [0.1, 0.15) is 0 Å². The number of amides is 3. The van der Waals surface area contributed by atoms with Gasteiger partial charge in [-0.2, -0.15) is 0 Å². The average molecular weight is 379 g/mol. The summed E-state index contributed by atoms with van der Waals surface area (Å²) in [6, 6.07) is 11.4. The van der Waals surface area contributed by atoms with Crippen molar-refractivity contribution in [1.82, 2.24) is 14.8 Å². The molecule has 1 N–H and O–H groups in total. The molecule has 0 bridgehead atoms. The summed E-state index contributed by atoms with van der Waals surface area (Å²) in [5.41, 5.74) is 2.67. The second-order valence-electron chi connectivity index (χ2n) is 7.22. The van der Waals surface area contributed by atoms with Gasteiger partial charge in [-0.05, 0) is 30.2 Å². The first-order valence-electron chi connectivity index (χ1n) is 9.77. The summed E-state index contributed by atoms with van der Waals surface area (Å²) in [7, 11) is 0. The number of anilines is 2. The Labute approximate surface area is 164 Å². The third kappa shape index (κ3) is 4.14.